The van der Waals surface area contributed by atoms with Crippen molar-refractivity contribution >= 4 is 5.69 Å². The van der Waals surface area contributed by atoms with Crippen molar-refractivity contribution in [3.05, 3.63) is 29.3 Å². The standard InChI is InChI=1S/C16H26N2/c1-12-7-8-18(14(3)9-12)16-6-5-15(11-17-4)10-13(16)2/h5-6,10,12,14,17H,7-9,11H2,1-4H3. The average molecular weight is 246 g/mol. The Hall–Kier alpha value is -1.02. The van der Waals surface area contributed by atoms with E-state index in [2.05, 4.69) is 49.2 Å². The number of anilines is 1. The summed E-state index contributed by atoms with van der Waals surface area (Å²) in [5.74, 6) is 0.875. The SMILES string of the molecule is CNCc1ccc(N2CCC(C)CC2C)c(C)c1. The van der Waals surface area contributed by atoms with Crippen LogP contribution in [0.2, 0.25) is 0 Å². The summed E-state index contributed by atoms with van der Waals surface area (Å²) in [5.41, 5.74) is 4.20. The molecule has 0 aromatic heterocycles. The molecule has 1 aliphatic rings. The van der Waals surface area contributed by atoms with E-state index in [0.717, 1.165) is 12.5 Å². The summed E-state index contributed by atoms with van der Waals surface area (Å²) in [7, 11) is 2.00. The maximum atomic E-state index is 3.21. The maximum Gasteiger partial charge on any atom is 0.0398 e. The third kappa shape index (κ3) is 2.86. The minimum Gasteiger partial charge on any atom is -0.369 e. The molecule has 2 heteroatoms. The second kappa shape index (κ2) is 5.75. The molecular formula is C16H26N2. The second-order valence-electron chi connectivity index (χ2n) is 5.82. The largest absolute Gasteiger partial charge is 0.369 e. The molecule has 2 unspecified atom stereocenters. The van der Waals surface area contributed by atoms with Crippen LogP contribution in [0.25, 0.3) is 0 Å². The lowest BCUT2D eigenvalue weighted by molar-refractivity contribution is 0.377. The molecule has 1 fully saturated rings. The molecule has 2 rings (SSSR count). The Kier molecular flexibility index (Phi) is 4.28. The predicted octanol–water partition coefficient (Wildman–Crippen LogP) is 3.34. The van der Waals surface area contributed by atoms with E-state index < -0.39 is 0 Å². The van der Waals surface area contributed by atoms with E-state index in [0.29, 0.717) is 6.04 Å². The zero-order chi connectivity index (χ0) is 13.1. The van der Waals surface area contributed by atoms with Crippen LogP contribution in [0.3, 0.4) is 0 Å². The van der Waals surface area contributed by atoms with Crippen LogP contribution in [0.15, 0.2) is 18.2 Å². The molecule has 1 aliphatic heterocycles. The van der Waals surface area contributed by atoms with E-state index in [-0.39, 0.29) is 0 Å². The lowest BCUT2D eigenvalue weighted by atomic mass is 9.92. The number of benzene rings is 1. The number of hydrogen-bond donors (Lipinski definition) is 1. The zero-order valence-electron chi connectivity index (χ0n) is 12.2. The topological polar surface area (TPSA) is 15.3 Å². The number of aryl methyl sites for hydroxylation is 1. The fraction of sp³-hybridized carbons (Fsp3) is 0.625. The van der Waals surface area contributed by atoms with E-state index in [1.54, 1.807) is 0 Å². The first-order chi connectivity index (χ1) is 8.61. The number of nitrogens with zero attached hydrogens (tertiary/aromatic N) is 1. The van der Waals surface area contributed by atoms with Gasteiger partial charge in [-0.3, -0.25) is 0 Å². The van der Waals surface area contributed by atoms with Crippen LogP contribution in [0, 0.1) is 12.8 Å². The molecule has 2 atom stereocenters. The van der Waals surface area contributed by atoms with E-state index in [1.165, 1.54) is 36.2 Å². The highest BCUT2D eigenvalue weighted by atomic mass is 15.2. The van der Waals surface area contributed by atoms with Crippen molar-refractivity contribution in [2.75, 3.05) is 18.5 Å². The van der Waals surface area contributed by atoms with Crippen molar-refractivity contribution < 1.29 is 0 Å². The van der Waals surface area contributed by atoms with Gasteiger partial charge in [0.15, 0.2) is 0 Å². The number of rotatable bonds is 3. The van der Waals surface area contributed by atoms with Crippen LogP contribution < -0.4 is 10.2 Å². The molecule has 18 heavy (non-hydrogen) atoms. The average Bonchev–Trinajstić information content (AvgIpc) is 2.31. The molecule has 1 saturated heterocycles. The van der Waals surface area contributed by atoms with E-state index in [4.69, 9.17) is 0 Å². The summed E-state index contributed by atoms with van der Waals surface area (Å²) in [6.07, 6.45) is 2.64. The Labute approximate surface area is 111 Å². The second-order valence-corrected chi connectivity index (χ2v) is 5.82. The van der Waals surface area contributed by atoms with Gasteiger partial charge in [0.2, 0.25) is 0 Å². The molecule has 0 aliphatic carbocycles. The summed E-state index contributed by atoms with van der Waals surface area (Å²) < 4.78 is 0. The molecule has 0 bridgehead atoms. The van der Waals surface area contributed by atoms with Crippen LogP contribution in [-0.4, -0.2) is 19.6 Å². The highest BCUT2D eigenvalue weighted by Crippen LogP contribution is 2.30. The number of piperidine rings is 1. The fourth-order valence-corrected chi connectivity index (χ4v) is 3.12. The van der Waals surface area contributed by atoms with Crippen molar-refractivity contribution in [1.82, 2.24) is 5.32 Å². The summed E-state index contributed by atoms with van der Waals surface area (Å²) >= 11 is 0. The minimum absolute atomic E-state index is 0.669. The summed E-state index contributed by atoms with van der Waals surface area (Å²) in [6.45, 7) is 9.12. The van der Waals surface area contributed by atoms with Crippen molar-refractivity contribution in [3.63, 3.8) is 0 Å². The van der Waals surface area contributed by atoms with Gasteiger partial charge in [-0.15, -0.1) is 0 Å². The van der Waals surface area contributed by atoms with Gasteiger partial charge >= 0.3 is 0 Å². The first-order valence-corrected chi connectivity index (χ1v) is 7.12. The van der Waals surface area contributed by atoms with E-state index >= 15 is 0 Å². The highest BCUT2D eigenvalue weighted by molar-refractivity contribution is 5.55. The summed E-state index contributed by atoms with van der Waals surface area (Å²) in [6, 6.07) is 7.54. The molecule has 1 heterocycles. The third-order valence-electron chi connectivity index (χ3n) is 4.09. The summed E-state index contributed by atoms with van der Waals surface area (Å²) in [4.78, 5) is 2.58. The lowest BCUT2D eigenvalue weighted by Crippen LogP contribution is -2.40. The van der Waals surface area contributed by atoms with Crippen molar-refractivity contribution in [1.29, 1.82) is 0 Å². The molecular weight excluding hydrogens is 220 g/mol. The first-order valence-electron chi connectivity index (χ1n) is 7.12. The first kappa shape index (κ1) is 13.4. The lowest BCUT2D eigenvalue weighted by Gasteiger charge is -2.39. The molecule has 1 aromatic carbocycles. The Morgan fingerprint density at radius 1 is 1.33 bits per heavy atom. The minimum atomic E-state index is 0.669. The van der Waals surface area contributed by atoms with Gasteiger partial charge in [-0.2, -0.15) is 0 Å². The van der Waals surface area contributed by atoms with Crippen molar-refractivity contribution in [2.45, 2.75) is 46.2 Å². The Morgan fingerprint density at radius 2 is 2.11 bits per heavy atom. The Balaban J connectivity index is 2.17. The van der Waals surface area contributed by atoms with Crippen molar-refractivity contribution in [3.8, 4) is 0 Å². The molecule has 100 valence electrons. The summed E-state index contributed by atoms with van der Waals surface area (Å²) in [5, 5.41) is 3.21. The number of nitrogens with one attached hydrogen (secondary N) is 1. The van der Waals surface area contributed by atoms with Crippen LogP contribution in [0.5, 0.6) is 0 Å². The Bertz CT molecular complexity index is 400. The Morgan fingerprint density at radius 3 is 2.72 bits per heavy atom. The van der Waals surface area contributed by atoms with Gasteiger partial charge in [0.1, 0.15) is 0 Å². The van der Waals surface area contributed by atoms with Gasteiger partial charge in [0.05, 0.1) is 0 Å². The van der Waals surface area contributed by atoms with Crippen LogP contribution in [0.1, 0.15) is 37.8 Å². The quantitative estimate of drug-likeness (QED) is 0.880. The van der Waals surface area contributed by atoms with Gasteiger partial charge in [0, 0.05) is 24.8 Å². The molecule has 1 aromatic rings. The van der Waals surface area contributed by atoms with Gasteiger partial charge in [-0.1, -0.05) is 19.1 Å². The van der Waals surface area contributed by atoms with Crippen LogP contribution in [0.4, 0.5) is 5.69 Å². The fourth-order valence-electron chi connectivity index (χ4n) is 3.12. The van der Waals surface area contributed by atoms with Gasteiger partial charge in [-0.05, 0) is 56.8 Å². The van der Waals surface area contributed by atoms with Crippen LogP contribution >= 0.6 is 0 Å². The molecule has 1 N–H and O–H groups in total. The van der Waals surface area contributed by atoms with E-state index in [1.807, 2.05) is 7.05 Å². The van der Waals surface area contributed by atoms with Crippen molar-refractivity contribution in [2.24, 2.45) is 5.92 Å². The monoisotopic (exact) mass is 246 g/mol. The van der Waals surface area contributed by atoms with E-state index in [9.17, 15) is 0 Å². The molecule has 0 amide bonds. The van der Waals surface area contributed by atoms with Gasteiger partial charge < -0.3 is 10.2 Å². The molecule has 0 radical (unpaired) electrons. The van der Waals surface area contributed by atoms with Gasteiger partial charge in [0.25, 0.3) is 0 Å². The normalized spacial score (nSPS) is 24.3. The molecule has 2 nitrogen and oxygen atoms in total. The molecule has 0 saturated carbocycles. The predicted molar refractivity (Wildman–Crippen MR) is 79.1 cm³/mol. The maximum absolute atomic E-state index is 3.21. The smallest absolute Gasteiger partial charge is 0.0398 e. The van der Waals surface area contributed by atoms with Gasteiger partial charge in [-0.25, -0.2) is 0 Å². The third-order valence-corrected chi connectivity index (χ3v) is 4.09. The molecule has 0 spiro atoms. The highest BCUT2D eigenvalue weighted by Gasteiger charge is 2.23. The number of hydrogen-bond acceptors (Lipinski definition) is 2. The van der Waals surface area contributed by atoms with Crippen LogP contribution in [-0.2, 0) is 6.54 Å². The zero-order valence-corrected chi connectivity index (χ0v) is 12.2.